The molecule has 1 heterocycles. The molecule has 0 aromatic carbocycles. The van der Waals surface area contributed by atoms with Gasteiger partial charge in [0, 0.05) is 31.8 Å². The van der Waals surface area contributed by atoms with E-state index >= 15 is 0 Å². The molecule has 0 spiro atoms. The molecule has 10 heteroatoms. The molecule has 1 N–H and O–H groups in total. The molecule has 386 valence electrons. The number of carbonyl (C=O) groups excluding carboxylic acids is 4. The third-order valence-corrected chi connectivity index (χ3v) is 12.5. The van der Waals surface area contributed by atoms with E-state index in [1.807, 2.05) is 0 Å². The number of carbonyl (C=O) groups is 4. The van der Waals surface area contributed by atoms with Gasteiger partial charge in [-0.3, -0.25) is 14.4 Å². The number of hydrogen-bond donors (Lipinski definition) is 1. The SMILES string of the molecule is CCCCC/C=C\C/C=C\CCCCCCCC(=O)OCC(COC(=O)CCCCCCC/C=C\C/C=C\CCCCC)OC(=O)CCC(CCCCCCC)OC(=O)NCC1CCCN1C. The maximum atomic E-state index is 13.3. The maximum Gasteiger partial charge on any atom is 0.407 e. The number of nitrogens with one attached hydrogen (secondary N) is 1. The summed E-state index contributed by atoms with van der Waals surface area (Å²) in [6.07, 6.45) is 49.6. The van der Waals surface area contributed by atoms with Crippen LogP contribution in [0.5, 0.6) is 0 Å². The number of allylic oxidation sites excluding steroid dienone is 8. The Morgan fingerprint density at radius 3 is 1.45 bits per heavy atom. The van der Waals surface area contributed by atoms with E-state index in [4.69, 9.17) is 18.9 Å². The average molecular weight is 941 g/mol. The number of hydrogen-bond acceptors (Lipinski definition) is 9. The van der Waals surface area contributed by atoms with Crippen LogP contribution in [0.2, 0.25) is 0 Å². The minimum atomic E-state index is -0.922. The maximum absolute atomic E-state index is 13.3. The molecule has 1 aliphatic rings. The van der Waals surface area contributed by atoms with Crippen molar-refractivity contribution in [1.82, 2.24) is 10.2 Å². The molecule has 2 atom stereocenters. The second-order valence-corrected chi connectivity index (χ2v) is 18.9. The summed E-state index contributed by atoms with van der Waals surface area (Å²) in [6.45, 7) is 7.83. The molecule has 1 saturated heterocycles. The third-order valence-electron chi connectivity index (χ3n) is 12.5. The van der Waals surface area contributed by atoms with Crippen LogP contribution >= 0.6 is 0 Å². The lowest BCUT2D eigenvalue weighted by Gasteiger charge is -2.22. The number of likely N-dealkylation sites (N-methyl/N-ethyl adjacent to an activating group) is 1. The number of nitrogens with zero attached hydrogens (tertiary/aromatic N) is 1. The largest absolute Gasteiger partial charge is 0.462 e. The van der Waals surface area contributed by atoms with Crippen molar-refractivity contribution in [3.63, 3.8) is 0 Å². The van der Waals surface area contributed by atoms with E-state index in [2.05, 4.69) is 86.6 Å². The number of ether oxygens (including phenoxy) is 4. The Kier molecular flexibility index (Phi) is 42.6. The number of esters is 3. The smallest absolute Gasteiger partial charge is 0.407 e. The summed E-state index contributed by atoms with van der Waals surface area (Å²) in [5, 5.41) is 2.93. The molecular formula is C57H100N2O8. The number of alkyl carbamates (subject to hydrolysis) is 1. The van der Waals surface area contributed by atoms with Crippen LogP contribution in [0.3, 0.4) is 0 Å². The van der Waals surface area contributed by atoms with Crippen molar-refractivity contribution >= 4 is 24.0 Å². The molecule has 67 heavy (non-hydrogen) atoms. The average Bonchev–Trinajstić information content (AvgIpc) is 3.74. The molecule has 1 aliphatic heterocycles. The quantitative estimate of drug-likeness (QED) is 0.0275. The molecule has 0 bridgehead atoms. The Morgan fingerprint density at radius 1 is 0.507 bits per heavy atom. The van der Waals surface area contributed by atoms with E-state index < -0.39 is 24.3 Å². The molecule has 0 radical (unpaired) electrons. The van der Waals surface area contributed by atoms with Gasteiger partial charge in [-0.15, -0.1) is 0 Å². The van der Waals surface area contributed by atoms with Gasteiger partial charge in [0.2, 0.25) is 0 Å². The number of unbranched alkanes of at least 4 members (excludes halogenated alkanes) is 20. The van der Waals surface area contributed by atoms with Gasteiger partial charge in [0.05, 0.1) is 0 Å². The molecule has 10 nitrogen and oxygen atoms in total. The van der Waals surface area contributed by atoms with Crippen molar-refractivity contribution in [1.29, 1.82) is 0 Å². The highest BCUT2D eigenvalue weighted by molar-refractivity contribution is 5.71. The van der Waals surface area contributed by atoms with Gasteiger partial charge >= 0.3 is 24.0 Å². The van der Waals surface area contributed by atoms with Crippen molar-refractivity contribution in [2.45, 2.75) is 257 Å². The van der Waals surface area contributed by atoms with Crippen molar-refractivity contribution in [3.8, 4) is 0 Å². The minimum Gasteiger partial charge on any atom is -0.462 e. The summed E-state index contributed by atoms with van der Waals surface area (Å²) >= 11 is 0. The van der Waals surface area contributed by atoms with E-state index in [0.717, 1.165) is 141 Å². The first-order chi connectivity index (χ1) is 32.8. The van der Waals surface area contributed by atoms with Crippen LogP contribution in [0.15, 0.2) is 48.6 Å². The lowest BCUT2D eigenvalue weighted by Crippen LogP contribution is -2.39. The summed E-state index contributed by atoms with van der Waals surface area (Å²) in [6, 6.07) is 0.302. The van der Waals surface area contributed by atoms with Gasteiger partial charge in [0.1, 0.15) is 19.3 Å². The number of rotatable bonds is 45. The van der Waals surface area contributed by atoms with Crippen LogP contribution in [0.1, 0.15) is 239 Å². The topological polar surface area (TPSA) is 120 Å². The Morgan fingerprint density at radius 2 is 0.955 bits per heavy atom. The Labute approximate surface area is 410 Å². The van der Waals surface area contributed by atoms with Crippen LogP contribution in [0, 0.1) is 0 Å². The van der Waals surface area contributed by atoms with Gasteiger partial charge in [-0.05, 0) is 123 Å². The molecule has 1 fully saturated rings. The normalized spacial score (nSPS) is 14.9. The van der Waals surface area contributed by atoms with Crippen molar-refractivity contribution in [3.05, 3.63) is 48.6 Å². The van der Waals surface area contributed by atoms with Crippen molar-refractivity contribution < 1.29 is 38.1 Å². The predicted octanol–water partition coefficient (Wildman–Crippen LogP) is 14.9. The van der Waals surface area contributed by atoms with Crippen LogP contribution in [0.25, 0.3) is 0 Å². The summed E-state index contributed by atoms with van der Waals surface area (Å²) < 4.78 is 22.8. The molecule has 1 amide bonds. The first-order valence-corrected chi connectivity index (χ1v) is 27.5. The fraction of sp³-hybridized carbons (Fsp3) is 0.789. The lowest BCUT2D eigenvalue weighted by molar-refractivity contribution is -0.167. The highest BCUT2D eigenvalue weighted by atomic mass is 16.6. The fourth-order valence-corrected chi connectivity index (χ4v) is 8.19. The zero-order valence-electron chi connectivity index (χ0n) is 43.4. The van der Waals surface area contributed by atoms with Gasteiger partial charge < -0.3 is 29.2 Å². The first-order valence-electron chi connectivity index (χ1n) is 27.5. The zero-order chi connectivity index (χ0) is 48.7. The highest BCUT2D eigenvalue weighted by Crippen LogP contribution is 2.18. The third kappa shape index (κ3) is 40.2. The molecule has 1 rings (SSSR count). The molecule has 0 saturated carbocycles. The lowest BCUT2D eigenvalue weighted by atomic mass is 10.0. The summed E-state index contributed by atoms with van der Waals surface area (Å²) in [5.74, 6) is -1.21. The number of likely N-dealkylation sites (tertiary alicyclic amines) is 1. The first kappa shape index (κ1) is 61.6. The molecule has 0 aromatic rings. The molecule has 0 aliphatic carbocycles. The van der Waals surface area contributed by atoms with E-state index in [-0.39, 0.29) is 44.4 Å². The van der Waals surface area contributed by atoms with Gasteiger partial charge in [-0.25, -0.2) is 4.79 Å². The molecule has 0 aromatic heterocycles. The fourth-order valence-electron chi connectivity index (χ4n) is 8.19. The summed E-state index contributed by atoms with van der Waals surface area (Å²) in [4.78, 5) is 53.9. The Hall–Kier alpha value is -3.40. The van der Waals surface area contributed by atoms with Crippen LogP contribution < -0.4 is 5.32 Å². The van der Waals surface area contributed by atoms with Crippen molar-refractivity contribution in [2.24, 2.45) is 0 Å². The summed E-state index contributed by atoms with van der Waals surface area (Å²) in [7, 11) is 2.07. The van der Waals surface area contributed by atoms with Crippen LogP contribution in [-0.2, 0) is 33.3 Å². The summed E-state index contributed by atoms with van der Waals surface area (Å²) in [5.41, 5.74) is 0. The zero-order valence-corrected chi connectivity index (χ0v) is 43.4. The van der Waals surface area contributed by atoms with Gasteiger partial charge in [0.25, 0.3) is 0 Å². The van der Waals surface area contributed by atoms with Crippen molar-refractivity contribution in [2.75, 3.05) is 33.4 Å². The van der Waals surface area contributed by atoms with E-state index in [1.165, 1.54) is 51.4 Å². The Balaban J connectivity index is 2.58. The van der Waals surface area contributed by atoms with Gasteiger partial charge in [0.15, 0.2) is 6.10 Å². The standard InChI is InChI=1S/C57H100N2O8/c1-5-8-11-14-16-18-20-22-24-26-28-30-32-35-38-43-54(60)64-49-53(50-65-55(61)44-39-36-33-31-29-27-25-23-21-19-17-15-12-9-6-2)66-56(62)46-45-52(42-37-34-13-10-7-3)67-57(63)58-48-51-41-40-47-59(51)4/h16-19,22-25,51-53H,5-15,20-21,26-50H2,1-4H3,(H,58,63)/b18-16-,19-17-,24-22-,25-23-. The van der Waals surface area contributed by atoms with Crippen LogP contribution in [0.4, 0.5) is 4.79 Å². The second-order valence-electron chi connectivity index (χ2n) is 18.9. The predicted molar refractivity (Wildman–Crippen MR) is 277 cm³/mol. The van der Waals surface area contributed by atoms with E-state index in [1.54, 1.807) is 0 Å². The molecular weight excluding hydrogens is 841 g/mol. The monoisotopic (exact) mass is 941 g/mol. The van der Waals surface area contributed by atoms with E-state index in [9.17, 15) is 19.2 Å². The van der Waals surface area contributed by atoms with E-state index in [0.29, 0.717) is 25.4 Å². The molecule has 2 unspecified atom stereocenters. The second kappa shape index (κ2) is 46.3. The Bertz CT molecular complexity index is 1270. The van der Waals surface area contributed by atoms with Crippen LogP contribution in [-0.4, -0.2) is 80.5 Å². The highest BCUT2D eigenvalue weighted by Gasteiger charge is 2.24. The minimum absolute atomic E-state index is 0.0224. The number of amides is 1. The van der Waals surface area contributed by atoms with Gasteiger partial charge in [-0.1, -0.05) is 159 Å². The van der Waals surface area contributed by atoms with Gasteiger partial charge in [-0.2, -0.15) is 0 Å².